The third-order valence-electron chi connectivity index (χ3n) is 2.67. The highest BCUT2D eigenvalue weighted by Gasteiger charge is 2.12. The normalized spacial score (nSPS) is 10.4. The quantitative estimate of drug-likeness (QED) is 0.900. The molecule has 0 saturated heterocycles. The molecule has 1 aromatic heterocycles. The Kier molecular flexibility index (Phi) is 3.92. The Hall–Kier alpha value is -2.51. The summed E-state index contributed by atoms with van der Waals surface area (Å²) in [7, 11) is 1.60. The molecule has 20 heavy (non-hydrogen) atoms. The van der Waals surface area contributed by atoms with E-state index in [-0.39, 0.29) is 12.1 Å². The lowest BCUT2D eigenvalue weighted by atomic mass is 10.1. The average Bonchev–Trinajstić information content (AvgIpc) is 2.73. The first-order chi connectivity index (χ1) is 9.47. The lowest BCUT2D eigenvalue weighted by Crippen LogP contribution is -2.29. The van der Waals surface area contributed by atoms with Gasteiger partial charge < -0.3 is 5.32 Å². The van der Waals surface area contributed by atoms with Crippen LogP contribution < -0.4 is 10.6 Å². The van der Waals surface area contributed by atoms with Crippen LogP contribution in [0.4, 0.5) is 19.4 Å². The fourth-order valence-electron chi connectivity index (χ4n) is 1.63. The highest BCUT2D eigenvalue weighted by atomic mass is 19.1. The summed E-state index contributed by atoms with van der Waals surface area (Å²) in [6.45, 7) is 1.33. The van der Waals surface area contributed by atoms with Gasteiger partial charge in [0.2, 0.25) is 0 Å². The molecule has 0 unspecified atom stereocenters. The van der Waals surface area contributed by atoms with Crippen molar-refractivity contribution in [3.8, 4) is 0 Å². The van der Waals surface area contributed by atoms with Gasteiger partial charge in [0.05, 0.1) is 12.7 Å². The molecule has 0 bridgehead atoms. The predicted octanol–water partition coefficient (Wildman–Crippen LogP) is 1.72. The van der Waals surface area contributed by atoms with E-state index in [0.29, 0.717) is 11.4 Å². The zero-order valence-corrected chi connectivity index (χ0v) is 10.9. The molecule has 0 aliphatic heterocycles. The smallest absolute Gasteiger partial charge is 0.320 e. The Morgan fingerprint density at radius 3 is 2.55 bits per heavy atom. The van der Waals surface area contributed by atoms with E-state index >= 15 is 0 Å². The molecule has 0 fully saturated rings. The third-order valence-corrected chi connectivity index (χ3v) is 2.67. The molecule has 2 aromatic rings. The van der Waals surface area contributed by atoms with Gasteiger partial charge in [-0.25, -0.2) is 18.3 Å². The minimum atomic E-state index is -0.690. The molecule has 2 N–H and O–H groups in total. The van der Waals surface area contributed by atoms with Crippen molar-refractivity contribution in [2.24, 2.45) is 7.05 Å². The molecule has 0 radical (unpaired) electrons. The number of anilines is 1. The van der Waals surface area contributed by atoms with E-state index in [9.17, 15) is 13.6 Å². The van der Waals surface area contributed by atoms with Crippen LogP contribution in [0.3, 0.4) is 0 Å². The zero-order chi connectivity index (χ0) is 14.7. The highest BCUT2D eigenvalue weighted by molar-refractivity contribution is 5.88. The topological polar surface area (TPSA) is 71.8 Å². The third kappa shape index (κ3) is 3.08. The molecule has 8 heteroatoms. The molecule has 1 heterocycles. The number of hydrogen-bond acceptors (Lipinski definition) is 3. The Morgan fingerprint density at radius 2 is 2.00 bits per heavy atom. The molecule has 2 amide bonds. The summed E-state index contributed by atoms with van der Waals surface area (Å²) < 4.78 is 28.5. The number of halogens is 2. The number of hydrogen-bond donors (Lipinski definition) is 2. The zero-order valence-electron chi connectivity index (χ0n) is 10.9. The number of urea groups is 1. The van der Waals surface area contributed by atoms with Crippen molar-refractivity contribution in [2.45, 2.75) is 13.5 Å². The Morgan fingerprint density at radius 1 is 1.35 bits per heavy atom. The van der Waals surface area contributed by atoms with Gasteiger partial charge in [-0.2, -0.15) is 0 Å². The van der Waals surface area contributed by atoms with E-state index in [1.807, 2.05) is 0 Å². The molecule has 0 spiro atoms. The van der Waals surface area contributed by atoms with Crippen molar-refractivity contribution >= 4 is 11.8 Å². The maximum Gasteiger partial charge on any atom is 0.320 e. The van der Waals surface area contributed by atoms with Gasteiger partial charge in [-0.05, 0) is 24.6 Å². The van der Waals surface area contributed by atoms with Crippen molar-refractivity contribution in [1.29, 1.82) is 0 Å². The first kappa shape index (κ1) is 13.9. The second kappa shape index (κ2) is 5.64. The lowest BCUT2D eigenvalue weighted by Gasteiger charge is -2.09. The number of carbonyl (C=O) groups is 1. The minimum Gasteiger partial charge on any atom is -0.334 e. The van der Waals surface area contributed by atoms with Crippen LogP contribution in [-0.2, 0) is 13.6 Å². The van der Waals surface area contributed by atoms with Gasteiger partial charge in [0.25, 0.3) is 0 Å². The fourth-order valence-corrected chi connectivity index (χ4v) is 1.63. The summed E-state index contributed by atoms with van der Waals surface area (Å²) in [6.07, 6.45) is 1.35. The van der Waals surface area contributed by atoms with E-state index in [2.05, 4.69) is 20.9 Å². The van der Waals surface area contributed by atoms with Crippen molar-refractivity contribution < 1.29 is 13.6 Å². The molecule has 0 aliphatic carbocycles. The van der Waals surface area contributed by atoms with Crippen LogP contribution in [0.5, 0.6) is 0 Å². The summed E-state index contributed by atoms with van der Waals surface area (Å²) in [5.74, 6) is -1.01. The first-order valence-corrected chi connectivity index (χ1v) is 5.81. The standard InChI is InChI=1S/C12H13F2N5O/c1-7-3-9(13)8(10(14)4-7)5-15-12(20)17-11-6-16-18-19(11)2/h3-4,6H,5H2,1-2H3,(H2,15,17,20). The Balaban J connectivity index is 1.99. The monoisotopic (exact) mass is 281 g/mol. The van der Waals surface area contributed by atoms with Gasteiger partial charge in [-0.15, -0.1) is 5.10 Å². The number of benzene rings is 1. The van der Waals surface area contributed by atoms with Crippen LogP contribution in [-0.4, -0.2) is 21.0 Å². The summed E-state index contributed by atoms with van der Waals surface area (Å²) in [5, 5.41) is 12.0. The van der Waals surface area contributed by atoms with Gasteiger partial charge in [0.15, 0.2) is 5.82 Å². The maximum atomic E-state index is 13.6. The van der Waals surface area contributed by atoms with Crippen LogP contribution in [0, 0.1) is 18.6 Å². The molecular formula is C12H13F2N5O. The van der Waals surface area contributed by atoms with Crippen molar-refractivity contribution in [1.82, 2.24) is 20.3 Å². The molecule has 2 rings (SSSR count). The van der Waals surface area contributed by atoms with E-state index < -0.39 is 17.7 Å². The highest BCUT2D eigenvalue weighted by Crippen LogP contribution is 2.14. The Bertz CT molecular complexity index is 618. The van der Waals surface area contributed by atoms with Crippen molar-refractivity contribution in [3.05, 3.63) is 41.1 Å². The summed E-state index contributed by atoms with van der Waals surface area (Å²) in [4.78, 5) is 11.6. The molecule has 0 saturated carbocycles. The van der Waals surface area contributed by atoms with Gasteiger partial charge in [-0.3, -0.25) is 5.32 Å². The summed E-state index contributed by atoms with van der Waals surface area (Å²) in [6, 6.07) is 1.82. The minimum absolute atomic E-state index is 0.186. The predicted molar refractivity (Wildman–Crippen MR) is 68.0 cm³/mol. The van der Waals surface area contributed by atoms with Crippen molar-refractivity contribution in [2.75, 3.05) is 5.32 Å². The maximum absolute atomic E-state index is 13.6. The number of nitrogens with zero attached hydrogens (tertiary/aromatic N) is 3. The SMILES string of the molecule is Cc1cc(F)c(CNC(=O)Nc2cnnn2C)c(F)c1. The van der Waals surface area contributed by atoms with Crippen molar-refractivity contribution in [3.63, 3.8) is 0 Å². The van der Waals surface area contributed by atoms with Gasteiger partial charge in [-0.1, -0.05) is 5.21 Å². The van der Waals surface area contributed by atoms with Crippen LogP contribution in [0.25, 0.3) is 0 Å². The molecule has 106 valence electrons. The van der Waals surface area contributed by atoms with E-state index in [0.717, 1.165) is 0 Å². The molecule has 0 aliphatic rings. The molecule has 1 aromatic carbocycles. The number of nitrogens with one attached hydrogen (secondary N) is 2. The van der Waals surface area contributed by atoms with E-state index in [1.54, 1.807) is 14.0 Å². The van der Waals surface area contributed by atoms with Crippen LogP contribution in [0.1, 0.15) is 11.1 Å². The van der Waals surface area contributed by atoms with Gasteiger partial charge in [0, 0.05) is 12.6 Å². The fraction of sp³-hybridized carbons (Fsp3) is 0.250. The second-order valence-corrected chi connectivity index (χ2v) is 4.26. The van der Waals surface area contributed by atoms with Crippen LogP contribution >= 0.6 is 0 Å². The number of aryl methyl sites for hydroxylation is 2. The number of amides is 2. The van der Waals surface area contributed by atoms with Gasteiger partial charge in [0.1, 0.15) is 11.6 Å². The largest absolute Gasteiger partial charge is 0.334 e. The number of rotatable bonds is 3. The number of carbonyl (C=O) groups excluding carboxylic acids is 1. The second-order valence-electron chi connectivity index (χ2n) is 4.26. The van der Waals surface area contributed by atoms with Crippen LogP contribution in [0.15, 0.2) is 18.3 Å². The first-order valence-electron chi connectivity index (χ1n) is 5.81. The lowest BCUT2D eigenvalue weighted by molar-refractivity contribution is 0.251. The van der Waals surface area contributed by atoms with Gasteiger partial charge >= 0.3 is 6.03 Å². The summed E-state index contributed by atoms with van der Waals surface area (Å²) in [5.41, 5.74) is 0.294. The Labute approximate surface area is 113 Å². The number of aromatic nitrogens is 3. The molecular weight excluding hydrogens is 268 g/mol. The average molecular weight is 281 g/mol. The van der Waals surface area contributed by atoms with Crippen LogP contribution in [0.2, 0.25) is 0 Å². The van der Waals surface area contributed by atoms with E-state index in [4.69, 9.17) is 0 Å². The van der Waals surface area contributed by atoms with E-state index in [1.165, 1.54) is 23.0 Å². The summed E-state index contributed by atoms with van der Waals surface area (Å²) >= 11 is 0. The molecule has 0 atom stereocenters. The molecule has 6 nitrogen and oxygen atoms in total.